The maximum Gasteiger partial charge on any atom is 0.234 e. The number of unbranched alkanes of at least 4 members (excludes halogenated alkanes) is 3. The van der Waals surface area contributed by atoms with Gasteiger partial charge >= 0.3 is 0 Å². The van der Waals surface area contributed by atoms with Crippen LogP contribution in [-0.4, -0.2) is 55.0 Å². The Morgan fingerprint density at radius 1 is 0.889 bits per heavy atom. The van der Waals surface area contributed by atoms with Crippen molar-refractivity contribution in [2.75, 3.05) is 54.4 Å². The van der Waals surface area contributed by atoms with Crippen LogP contribution in [0.2, 0.25) is 5.02 Å². The van der Waals surface area contributed by atoms with E-state index in [1.54, 1.807) is 11.8 Å². The summed E-state index contributed by atoms with van der Waals surface area (Å²) in [4.78, 5) is 17.6. The van der Waals surface area contributed by atoms with Crippen molar-refractivity contribution in [3.05, 3.63) is 58.6 Å². The molecule has 2 aromatic rings. The number of benzene rings is 2. The van der Waals surface area contributed by atoms with Gasteiger partial charge in [-0.25, -0.2) is 0 Å². The molecule has 0 aromatic heterocycles. The van der Waals surface area contributed by atoms with Crippen LogP contribution in [0.15, 0.2) is 42.5 Å². The number of halogens is 1. The summed E-state index contributed by atoms with van der Waals surface area (Å²) in [5.74, 6) is 2.47. The van der Waals surface area contributed by atoms with Crippen LogP contribution in [0, 0.1) is 0 Å². The lowest BCUT2D eigenvalue weighted by Gasteiger charge is -2.36. The van der Waals surface area contributed by atoms with E-state index < -0.39 is 0 Å². The lowest BCUT2D eigenvalue weighted by molar-refractivity contribution is -0.113. The average Bonchev–Trinajstić information content (AvgIpc) is 2.86. The topological polar surface area (TPSA) is 35.6 Å². The molecule has 1 N–H and O–H groups in total. The number of carbonyl (C=O) groups excluding carboxylic acids is 1. The quantitative estimate of drug-likeness (QED) is 0.270. The van der Waals surface area contributed by atoms with Gasteiger partial charge in [-0.15, -0.1) is 0 Å². The number of hydrogen-bond acceptors (Lipinski definition) is 4. The summed E-state index contributed by atoms with van der Waals surface area (Å²) in [6.45, 7) is 14.2. The Kier molecular flexibility index (Phi) is 12.0. The highest BCUT2D eigenvalue weighted by molar-refractivity contribution is 7.99. The molecule has 1 heterocycles. The zero-order chi connectivity index (χ0) is 25.9. The largest absolute Gasteiger partial charge is 0.368 e. The first-order valence-electron chi connectivity index (χ1n) is 13.6. The predicted octanol–water partition coefficient (Wildman–Crippen LogP) is 7.64. The molecule has 1 aliphatic rings. The molecule has 1 amide bonds. The van der Waals surface area contributed by atoms with E-state index in [4.69, 9.17) is 11.6 Å². The summed E-state index contributed by atoms with van der Waals surface area (Å²) in [7, 11) is 0. The van der Waals surface area contributed by atoms with Gasteiger partial charge in [-0.1, -0.05) is 82.5 Å². The molecule has 0 atom stereocenters. The number of thioether (sulfide) groups is 1. The zero-order valence-electron chi connectivity index (χ0n) is 22.6. The molecule has 0 unspecified atom stereocenters. The fraction of sp³-hybridized carbons (Fsp3) is 0.567. The van der Waals surface area contributed by atoms with E-state index in [2.05, 4.69) is 73.1 Å². The van der Waals surface area contributed by atoms with Crippen molar-refractivity contribution in [1.82, 2.24) is 4.90 Å². The number of anilines is 2. The van der Waals surface area contributed by atoms with Gasteiger partial charge in [0.05, 0.1) is 16.5 Å². The molecular formula is C30H44ClN3OS. The van der Waals surface area contributed by atoms with E-state index in [0.29, 0.717) is 17.6 Å². The molecule has 1 aliphatic heterocycles. The minimum absolute atomic E-state index is 0.117. The Hall–Kier alpha value is -1.69. The number of rotatable bonds is 13. The molecule has 36 heavy (non-hydrogen) atoms. The summed E-state index contributed by atoms with van der Waals surface area (Å²) in [6.07, 6.45) is 4.93. The minimum Gasteiger partial charge on any atom is -0.368 e. The first-order valence-corrected chi connectivity index (χ1v) is 15.1. The second-order valence-electron chi connectivity index (χ2n) is 10.4. The Labute approximate surface area is 228 Å². The van der Waals surface area contributed by atoms with Crippen LogP contribution >= 0.6 is 23.4 Å². The standard InChI is InChI=1S/C30H44ClN3OS/c1-23(2)25-12-11-13-26(24(3)4)30(25)32-29(35)22-36-21-10-6-5-9-16-33-17-19-34(20-18-33)28-15-8-7-14-27(28)31/h7-8,11-15,23-24H,5-6,9-10,16-22H2,1-4H3,(H,32,35). The molecule has 4 nitrogen and oxygen atoms in total. The van der Waals surface area contributed by atoms with Gasteiger partial charge in [0, 0.05) is 31.9 Å². The first kappa shape index (κ1) is 28.9. The number of nitrogens with zero attached hydrogens (tertiary/aromatic N) is 2. The van der Waals surface area contributed by atoms with Crippen molar-refractivity contribution in [3.8, 4) is 0 Å². The summed E-state index contributed by atoms with van der Waals surface area (Å²) in [5.41, 5.74) is 4.64. The van der Waals surface area contributed by atoms with E-state index in [9.17, 15) is 4.79 Å². The molecule has 6 heteroatoms. The van der Waals surface area contributed by atoms with Gasteiger partial charge in [-0.3, -0.25) is 9.69 Å². The molecule has 0 radical (unpaired) electrons. The van der Waals surface area contributed by atoms with Crippen LogP contribution in [-0.2, 0) is 4.79 Å². The van der Waals surface area contributed by atoms with Crippen LogP contribution in [0.25, 0.3) is 0 Å². The molecule has 0 saturated carbocycles. The second kappa shape index (κ2) is 14.9. The van der Waals surface area contributed by atoms with Gasteiger partial charge < -0.3 is 10.2 Å². The van der Waals surface area contributed by atoms with Crippen molar-refractivity contribution < 1.29 is 4.79 Å². The van der Waals surface area contributed by atoms with Gasteiger partial charge in [-0.05, 0) is 60.2 Å². The molecule has 198 valence electrons. The Bertz CT molecular complexity index is 931. The Morgan fingerprint density at radius 3 is 2.17 bits per heavy atom. The van der Waals surface area contributed by atoms with Crippen LogP contribution < -0.4 is 10.2 Å². The summed E-state index contributed by atoms with van der Waals surface area (Å²) < 4.78 is 0. The third-order valence-electron chi connectivity index (χ3n) is 6.95. The van der Waals surface area contributed by atoms with Gasteiger partial charge in [0.2, 0.25) is 5.91 Å². The highest BCUT2D eigenvalue weighted by atomic mass is 35.5. The fourth-order valence-electron chi connectivity index (χ4n) is 4.85. The van der Waals surface area contributed by atoms with Crippen molar-refractivity contribution in [2.45, 2.75) is 65.2 Å². The molecule has 2 aromatic carbocycles. The molecule has 1 saturated heterocycles. The van der Waals surface area contributed by atoms with Gasteiger partial charge in [0.15, 0.2) is 0 Å². The Balaban J connectivity index is 1.26. The lowest BCUT2D eigenvalue weighted by Crippen LogP contribution is -2.46. The average molecular weight is 530 g/mol. The number of piperazine rings is 1. The number of carbonyl (C=O) groups is 1. The van der Waals surface area contributed by atoms with Gasteiger partial charge in [-0.2, -0.15) is 11.8 Å². The maximum atomic E-state index is 12.7. The smallest absolute Gasteiger partial charge is 0.234 e. The summed E-state index contributed by atoms with van der Waals surface area (Å²) in [5, 5.41) is 4.08. The van der Waals surface area contributed by atoms with E-state index >= 15 is 0 Å². The highest BCUT2D eigenvalue weighted by Crippen LogP contribution is 2.32. The van der Waals surface area contributed by atoms with Crippen LogP contribution in [0.4, 0.5) is 11.4 Å². The van der Waals surface area contributed by atoms with Crippen molar-refractivity contribution in [2.24, 2.45) is 0 Å². The number of hydrogen-bond donors (Lipinski definition) is 1. The number of amides is 1. The van der Waals surface area contributed by atoms with Crippen molar-refractivity contribution >= 4 is 40.6 Å². The monoisotopic (exact) mass is 529 g/mol. The second-order valence-corrected chi connectivity index (χ2v) is 11.9. The molecule has 0 bridgehead atoms. The Morgan fingerprint density at radius 2 is 1.53 bits per heavy atom. The van der Waals surface area contributed by atoms with Crippen LogP contribution in [0.5, 0.6) is 0 Å². The van der Waals surface area contributed by atoms with Crippen LogP contribution in [0.1, 0.15) is 76.3 Å². The molecule has 3 rings (SSSR count). The first-order chi connectivity index (χ1) is 17.4. The SMILES string of the molecule is CC(C)c1cccc(C(C)C)c1NC(=O)CSCCCCCCN1CCN(c2ccccc2Cl)CC1. The van der Waals surface area contributed by atoms with Gasteiger partial charge in [0.25, 0.3) is 0 Å². The van der Waals surface area contributed by atoms with Crippen molar-refractivity contribution in [3.63, 3.8) is 0 Å². The van der Waals surface area contributed by atoms with E-state index in [1.165, 1.54) is 43.4 Å². The minimum atomic E-state index is 0.117. The normalized spacial score (nSPS) is 14.6. The lowest BCUT2D eigenvalue weighted by atomic mass is 9.92. The fourth-order valence-corrected chi connectivity index (χ4v) is 5.91. The zero-order valence-corrected chi connectivity index (χ0v) is 24.1. The molecule has 0 spiro atoms. The molecule has 1 fully saturated rings. The van der Waals surface area contributed by atoms with E-state index in [0.717, 1.165) is 48.3 Å². The summed E-state index contributed by atoms with van der Waals surface area (Å²) >= 11 is 8.11. The van der Waals surface area contributed by atoms with Crippen LogP contribution in [0.3, 0.4) is 0 Å². The van der Waals surface area contributed by atoms with Crippen molar-refractivity contribution in [1.29, 1.82) is 0 Å². The van der Waals surface area contributed by atoms with E-state index in [-0.39, 0.29) is 5.91 Å². The van der Waals surface area contributed by atoms with Gasteiger partial charge in [0.1, 0.15) is 0 Å². The van der Waals surface area contributed by atoms with E-state index in [1.807, 2.05) is 12.1 Å². The predicted molar refractivity (Wildman–Crippen MR) is 159 cm³/mol. The molecular weight excluding hydrogens is 486 g/mol. The summed E-state index contributed by atoms with van der Waals surface area (Å²) in [6, 6.07) is 14.5. The number of nitrogens with one attached hydrogen (secondary N) is 1. The highest BCUT2D eigenvalue weighted by Gasteiger charge is 2.18. The maximum absolute atomic E-state index is 12.7. The number of para-hydroxylation sites is 2. The third kappa shape index (κ3) is 8.71. The molecule has 0 aliphatic carbocycles. The third-order valence-corrected chi connectivity index (χ3v) is 8.31.